The molecule has 3 rings (SSSR count). The fourth-order valence-electron chi connectivity index (χ4n) is 3.35. The van der Waals surface area contributed by atoms with Gasteiger partial charge < -0.3 is 19.5 Å². The number of anilines is 1. The Hall–Kier alpha value is -3.10. The Bertz CT molecular complexity index is 989. The molecule has 2 amide bonds. The van der Waals surface area contributed by atoms with Crippen molar-refractivity contribution in [3.05, 3.63) is 70.1 Å². The number of esters is 1. The number of methoxy groups -OCH3 is 2. The average Bonchev–Trinajstić information content (AvgIpc) is 2.74. The molecular formula is C22H22ClFN2O5. The third-order valence-electron chi connectivity index (χ3n) is 4.84. The molecule has 0 saturated carbocycles. The Morgan fingerprint density at radius 1 is 1.16 bits per heavy atom. The summed E-state index contributed by atoms with van der Waals surface area (Å²) in [5.74, 6) is -0.749. The number of carbonyl (C=O) groups is 2. The molecular weight excluding hydrogens is 427 g/mol. The molecule has 0 radical (unpaired) electrons. The van der Waals surface area contributed by atoms with Gasteiger partial charge in [-0.05, 0) is 43.3 Å². The number of rotatable bonds is 7. The molecule has 31 heavy (non-hydrogen) atoms. The highest BCUT2D eigenvalue weighted by Crippen LogP contribution is 2.38. The summed E-state index contributed by atoms with van der Waals surface area (Å²) in [6.45, 7) is 1.79. The second-order valence-electron chi connectivity index (χ2n) is 6.68. The van der Waals surface area contributed by atoms with E-state index in [4.69, 9.17) is 25.8 Å². The molecule has 0 fully saturated rings. The number of carbonyl (C=O) groups excluding carboxylic acids is 2. The Balaban J connectivity index is 2.11. The van der Waals surface area contributed by atoms with Gasteiger partial charge in [-0.3, -0.25) is 4.90 Å². The van der Waals surface area contributed by atoms with E-state index >= 15 is 0 Å². The standard InChI is InChI=1S/C22H22ClFN2O5/c1-13-18(21(27)31-12-11-29-2)20(19-16(23)5-4-6-17(19)24)25-22(28)26(13)14-7-9-15(30-3)10-8-14/h4-10,20H,11-12H2,1-3H3,(H,25,28). The third kappa shape index (κ3) is 4.65. The Morgan fingerprint density at radius 2 is 1.87 bits per heavy atom. The van der Waals surface area contributed by atoms with Crippen LogP contribution in [0.1, 0.15) is 18.5 Å². The van der Waals surface area contributed by atoms with Crippen LogP contribution in [0.3, 0.4) is 0 Å². The summed E-state index contributed by atoms with van der Waals surface area (Å²) in [5.41, 5.74) is 0.847. The van der Waals surface area contributed by atoms with Gasteiger partial charge in [0.2, 0.25) is 0 Å². The Kier molecular flexibility index (Phi) is 7.14. The van der Waals surface area contributed by atoms with Crippen molar-refractivity contribution in [2.24, 2.45) is 0 Å². The molecule has 0 bridgehead atoms. The molecule has 1 N–H and O–H groups in total. The number of nitrogens with one attached hydrogen (secondary N) is 1. The number of urea groups is 1. The lowest BCUT2D eigenvalue weighted by Gasteiger charge is -2.35. The van der Waals surface area contributed by atoms with Gasteiger partial charge >= 0.3 is 12.0 Å². The second kappa shape index (κ2) is 9.80. The molecule has 1 aliphatic rings. The van der Waals surface area contributed by atoms with Gasteiger partial charge in [0.25, 0.3) is 0 Å². The zero-order valence-corrected chi connectivity index (χ0v) is 18.0. The number of nitrogens with zero attached hydrogens (tertiary/aromatic N) is 1. The maximum absolute atomic E-state index is 14.7. The van der Waals surface area contributed by atoms with E-state index in [-0.39, 0.29) is 29.4 Å². The van der Waals surface area contributed by atoms with Crippen LogP contribution in [0.2, 0.25) is 5.02 Å². The summed E-state index contributed by atoms with van der Waals surface area (Å²) in [7, 11) is 3.01. The minimum absolute atomic E-state index is 0.000317. The smallest absolute Gasteiger partial charge is 0.338 e. The lowest BCUT2D eigenvalue weighted by atomic mass is 9.94. The summed E-state index contributed by atoms with van der Waals surface area (Å²) in [4.78, 5) is 27.3. The maximum Gasteiger partial charge on any atom is 0.338 e. The molecule has 0 spiro atoms. The lowest BCUT2D eigenvalue weighted by molar-refractivity contribution is -0.140. The largest absolute Gasteiger partial charge is 0.497 e. The number of hydrogen-bond acceptors (Lipinski definition) is 5. The van der Waals surface area contributed by atoms with E-state index in [1.807, 2.05) is 0 Å². The van der Waals surface area contributed by atoms with Crippen LogP contribution < -0.4 is 15.0 Å². The van der Waals surface area contributed by atoms with Crippen molar-refractivity contribution >= 4 is 29.3 Å². The van der Waals surface area contributed by atoms with Gasteiger partial charge in [-0.1, -0.05) is 17.7 Å². The molecule has 2 aromatic rings. The summed E-state index contributed by atoms with van der Waals surface area (Å²) in [5, 5.41) is 2.77. The van der Waals surface area contributed by atoms with E-state index in [0.717, 1.165) is 0 Å². The third-order valence-corrected chi connectivity index (χ3v) is 5.17. The molecule has 1 aliphatic heterocycles. The van der Waals surface area contributed by atoms with Crippen LogP contribution >= 0.6 is 11.6 Å². The van der Waals surface area contributed by atoms with Crippen LogP contribution in [-0.4, -0.2) is 39.4 Å². The van der Waals surface area contributed by atoms with Crippen molar-refractivity contribution in [2.45, 2.75) is 13.0 Å². The first kappa shape index (κ1) is 22.6. The molecule has 1 heterocycles. The van der Waals surface area contributed by atoms with E-state index < -0.39 is 23.9 Å². The maximum atomic E-state index is 14.7. The first-order chi connectivity index (χ1) is 14.9. The first-order valence-corrected chi connectivity index (χ1v) is 9.82. The number of ether oxygens (including phenoxy) is 3. The number of halogens is 2. The van der Waals surface area contributed by atoms with Crippen LogP contribution in [0.25, 0.3) is 0 Å². The predicted octanol–water partition coefficient (Wildman–Crippen LogP) is 4.22. The number of benzene rings is 2. The zero-order valence-electron chi connectivity index (χ0n) is 17.3. The van der Waals surface area contributed by atoms with Crippen LogP contribution in [0, 0.1) is 5.82 Å². The fraction of sp³-hybridized carbons (Fsp3) is 0.273. The van der Waals surface area contributed by atoms with Crippen LogP contribution in [0.15, 0.2) is 53.7 Å². The van der Waals surface area contributed by atoms with Crippen molar-refractivity contribution in [1.82, 2.24) is 5.32 Å². The highest BCUT2D eigenvalue weighted by molar-refractivity contribution is 6.31. The van der Waals surface area contributed by atoms with Crippen LogP contribution in [-0.2, 0) is 14.3 Å². The quantitative estimate of drug-likeness (QED) is 0.507. The van der Waals surface area contributed by atoms with E-state index in [1.165, 1.54) is 37.3 Å². The van der Waals surface area contributed by atoms with Gasteiger partial charge in [-0.2, -0.15) is 0 Å². The van der Waals surface area contributed by atoms with Gasteiger partial charge in [0.05, 0.1) is 31.0 Å². The SMILES string of the molecule is COCCOC(=O)C1=C(C)N(c2ccc(OC)cc2)C(=O)NC1c1c(F)cccc1Cl. The van der Waals surface area contributed by atoms with Gasteiger partial charge in [-0.25, -0.2) is 14.0 Å². The number of amides is 2. The minimum Gasteiger partial charge on any atom is -0.497 e. The Labute approximate surface area is 184 Å². The van der Waals surface area contributed by atoms with E-state index in [2.05, 4.69) is 5.32 Å². The van der Waals surface area contributed by atoms with Gasteiger partial charge in [0, 0.05) is 23.4 Å². The fourth-order valence-corrected chi connectivity index (χ4v) is 3.62. The summed E-state index contributed by atoms with van der Waals surface area (Å²) < 4.78 is 30.0. The molecule has 164 valence electrons. The predicted molar refractivity (Wildman–Crippen MR) is 114 cm³/mol. The molecule has 0 saturated heterocycles. The normalized spacial score (nSPS) is 16.2. The van der Waals surface area contributed by atoms with Crippen molar-refractivity contribution in [3.63, 3.8) is 0 Å². The number of allylic oxidation sites excluding steroid dienone is 1. The van der Waals surface area contributed by atoms with Crippen molar-refractivity contribution in [3.8, 4) is 5.75 Å². The highest BCUT2D eigenvalue weighted by Gasteiger charge is 2.39. The Morgan fingerprint density at radius 3 is 2.48 bits per heavy atom. The van der Waals surface area contributed by atoms with E-state index in [0.29, 0.717) is 17.1 Å². The summed E-state index contributed by atoms with van der Waals surface area (Å²) >= 11 is 6.23. The van der Waals surface area contributed by atoms with Crippen LogP contribution in [0.4, 0.5) is 14.9 Å². The van der Waals surface area contributed by atoms with E-state index in [9.17, 15) is 14.0 Å². The minimum atomic E-state index is -1.12. The molecule has 0 aliphatic carbocycles. The van der Waals surface area contributed by atoms with Gasteiger partial charge in [-0.15, -0.1) is 0 Å². The molecule has 2 aromatic carbocycles. The van der Waals surface area contributed by atoms with Crippen molar-refractivity contribution in [2.75, 3.05) is 32.3 Å². The molecule has 0 aromatic heterocycles. The number of hydrogen-bond donors (Lipinski definition) is 1. The molecule has 1 atom stereocenters. The zero-order chi connectivity index (χ0) is 22.5. The summed E-state index contributed by atoms with van der Waals surface area (Å²) in [6.07, 6.45) is 0. The van der Waals surface area contributed by atoms with Crippen molar-refractivity contribution in [1.29, 1.82) is 0 Å². The second-order valence-corrected chi connectivity index (χ2v) is 7.09. The molecule has 7 nitrogen and oxygen atoms in total. The van der Waals surface area contributed by atoms with Crippen molar-refractivity contribution < 1.29 is 28.2 Å². The molecule has 9 heteroatoms. The topological polar surface area (TPSA) is 77.1 Å². The molecule has 1 unspecified atom stereocenters. The van der Waals surface area contributed by atoms with Gasteiger partial charge in [0.15, 0.2) is 0 Å². The van der Waals surface area contributed by atoms with E-state index in [1.54, 1.807) is 31.2 Å². The first-order valence-electron chi connectivity index (χ1n) is 9.44. The van der Waals surface area contributed by atoms with Crippen LogP contribution in [0.5, 0.6) is 5.75 Å². The average molecular weight is 449 g/mol. The van der Waals surface area contributed by atoms with Gasteiger partial charge in [0.1, 0.15) is 18.2 Å². The monoisotopic (exact) mass is 448 g/mol. The highest BCUT2D eigenvalue weighted by atomic mass is 35.5. The summed E-state index contributed by atoms with van der Waals surface area (Å²) in [6, 6.07) is 9.21. The lowest BCUT2D eigenvalue weighted by Crippen LogP contribution is -2.48.